The smallest absolute Gasteiger partial charge is 0.345 e. The number of rotatable bonds is 5. The van der Waals surface area contributed by atoms with Crippen LogP contribution in [0.2, 0.25) is 0 Å². The van der Waals surface area contributed by atoms with Crippen molar-refractivity contribution in [3.63, 3.8) is 0 Å². The van der Waals surface area contributed by atoms with Crippen LogP contribution in [0.1, 0.15) is 20.7 Å². The third kappa shape index (κ3) is 3.67. The fraction of sp³-hybridized carbons (Fsp3) is 0.125. The van der Waals surface area contributed by atoms with Crippen molar-refractivity contribution in [1.29, 1.82) is 0 Å². The molecular formula is C16H13NO7. The van der Waals surface area contributed by atoms with Crippen LogP contribution in [-0.4, -0.2) is 31.1 Å². The number of nitro groups is 1. The minimum Gasteiger partial charge on any atom is -0.465 e. The third-order valence-electron chi connectivity index (χ3n) is 3.06. The number of nitrogens with zero attached hydrogens (tertiary/aromatic N) is 1. The van der Waals surface area contributed by atoms with Crippen molar-refractivity contribution in [3.8, 4) is 11.5 Å². The Labute approximate surface area is 136 Å². The van der Waals surface area contributed by atoms with Crippen LogP contribution in [0.5, 0.6) is 11.5 Å². The SMILES string of the molecule is COC(=O)c1cccc(Oc2ccc([N+](=O)[O-])c(C(=O)OC)c2)c1. The predicted octanol–water partition coefficient (Wildman–Crippen LogP) is 2.96. The zero-order valence-electron chi connectivity index (χ0n) is 12.8. The highest BCUT2D eigenvalue weighted by Crippen LogP contribution is 2.28. The molecule has 0 amide bonds. The molecule has 0 N–H and O–H groups in total. The van der Waals surface area contributed by atoms with E-state index >= 15 is 0 Å². The van der Waals surface area contributed by atoms with Gasteiger partial charge in [-0.05, 0) is 24.3 Å². The maximum absolute atomic E-state index is 11.7. The summed E-state index contributed by atoms with van der Waals surface area (Å²) in [5.74, 6) is -0.888. The number of hydrogen-bond acceptors (Lipinski definition) is 7. The summed E-state index contributed by atoms with van der Waals surface area (Å²) in [5.41, 5.74) is -0.341. The van der Waals surface area contributed by atoms with Gasteiger partial charge in [-0.15, -0.1) is 0 Å². The number of nitro benzene ring substituents is 1. The zero-order chi connectivity index (χ0) is 17.7. The monoisotopic (exact) mass is 331 g/mol. The van der Waals surface area contributed by atoms with Gasteiger partial charge in [-0.1, -0.05) is 6.07 Å². The Morgan fingerprint density at radius 3 is 2.25 bits per heavy atom. The molecule has 0 aliphatic heterocycles. The molecule has 124 valence electrons. The molecule has 0 bridgehead atoms. The predicted molar refractivity (Wildman–Crippen MR) is 82.3 cm³/mol. The van der Waals surface area contributed by atoms with Crippen LogP contribution in [0.4, 0.5) is 5.69 Å². The number of esters is 2. The second-order valence-electron chi connectivity index (χ2n) is 4.55. The highest BCUT2D eigenvalue weighted by atomic mass is 16.6. The summed E-state index contributed by atoms with van der Waals surface area (Å²) in [6, 6.07) is 9.87. The minimum absolute atomic E-state index is 0.183. The molecular weight excluding hydrogens is 318 g/mol. The molecule has 0 unspecified atom stereocenters. The van der Waals surface area contributed by atoms with Crippen molar-refractivity contribution in [1.82, 2.24) is 0 Å². The van der Waals surface area contributed by atoms with Crippen molar-refractivity contribution in [2.24, 2.45) is 0 Å². The van der Waals surface area contributed by atoms with Crippen molar-refractivity contribution in [2.75, 3.05) is 14.2 Å². The van der Waals surface area contributed by atoms with E-state index < -0.39 is 22.5 Å². The first-order valence-electron chi connectivity index (χ1n) is 6.69. The lowest BCUT2D eigenvalue weighted by molar-refractivity contribution is -0.385. The van der Waals surface area contributed by atoms with Gasteiger partial charge in [-0.3, -0.25) is 10.1 Å². The van der Waals surface area contributed by atoms with Crippen LogP contribution >= 0.6 is 0 Å². The summed E-state index contributed by atoms with van der Waals surface area (Å²) in [6.07, 6.45) is 0. The first-order valence-corrected chi connectivity index (χ1v) is 6.69. The van der Waals surface area contributed by atoms with E-state index in [-0.39, 0.29) is 16.9 Å². The molecule has 0 aliphatic carbocycles. The van der Waals surface area contributed by atoms with Crippen LogP contribution in [0.25, 0.3) is 0 Å². The number of hydrogen-bond donors (Lipinski definition) is 0. The number of carbonyl (C=O) groups is 2. The molecule has 8 nitrogen and oxygen atoms in total. The van der Waals surface area contributed by atoms with E-state index in [2.05, 4.69) is 9.47 Å². The summed E-state index contributed by atoms with van der Waals surface area (Å²) in [6.45, 7) is 0. The van der Waals surface area contributed by atoms with E-state index in [4.69, 9.17) is 4.74 Å². The molecule has 0 aromatic heterocycles. The highest BCUT2D eigenvalue weighted by molar-refractivity contribution is 5.94. The maximum atomic E-state index is 11.7. The van der Waals surface area contributed by atoms with Crippen molar-refractivity contribution < 1.29 is 28.7 Å². The maximum Gasteiger partial charge on any atom is 0.345 e. The quantitative estimate of drug-likeness (QED) is 0.471. The van der Waals surface area contributed by atoms with E-state index in [0.717, 1.165) is 13.2 Å². The Kier molecular flexibility index (Phi) is 5.10. The van der Waals surface area contributed by atoms with Gasteiger partial charge >= 0.3 is 11.9 Å². The number of ether oxygens (including phenoxy) is 3. The van der Waals surface area contributed by atoms with Crippen molar-refractivity contribution in [2.45, 2.75) is 0 Å². The number of carbonyl (C=O) groups excluding carboxylic acids is 2. The third-order valence-corrected chi connectivity index (χ3v) is 3.06. The molecule has 0 saturated carbocycles. The van der Waals surface area contributed by atoms with Crippen LogP contribution < -0.4 is 4.74 Å². The lowest BCUT2D eigenvalue weighted by Gasteiger charge is -2.08. The molecule has 2 rings (SSSR count). The lowest BCUT2D eigenvalue weighted by Crippen LogP contribution is -2.06. The Hall–Kier alpha value is -3.42. The van der Waals surface area contributed by atoms with Crippen molar-refractivity contribution in [3.05, 3.63) is 63.7 Å². The average molecular weight is 331 g/mol. The summed E-state index contributed by atoms with van der Waals surface area (Å²) in [7, 11) is 2.38. The highest BCUT2D eigenvalue weighted by Gasteiger charge is 2.22. The van der Waals surface area contributed by atoms with Gasteiger partial charge in [-0.2, -0.15) is 0 Å². The van der Waals surface area contributed by atoms with Crippen molar-refractivity contribution >= 4 is 17.6 Å². The van der Waals surface area contributed by atoms with E-state index in [1.54, 1.807) is 18.2 Å². The fourth-order valence-corrected chi connectivity index (χ4v) is 1.95. The van der Waals surface area contributed by atoms with Gasteiger partial charge in [0, 0.05) is 12.1 Å². The van der Waals surface area contributed by atoms with Gasteiger partial charge in [0.15, 0.2) is 0 Å². The van der Waals surface area contributed by atoms with Gasteiger partial charge in [-0.25, -0.2) is 9.59 Å². The number of methoxy groups -OCH3 is 2. The molecule has 0 atom stereocenters. The Bertz CT molecular complexity index is 801. The van der Waals surface area contributed by atoms with Crippen LogP contribution in [-0.2, 0) is 9.47 Å². The van der Waals surface area contributed by atoms with Crippen LogP contribution in [0.15, 0.2) is 42.5 Å². The molecule has 0 aliphatic rings. The molecule has 8 heteroatoms. The summed E-state index contributed by atoms with van der Waals surface area (Å²) in [5, 5.41) is 11.0. The average Bonchev–Trinajstić information content (AvgIpc) is 2.60. The molecule has 0 radical (unpaired) electrons. The molecule has 0 saturated heterocycles. The summed E-state index contributed by atoms with van der Waals surface area (Å²) in [4.78, 5) is 33.5. The topological polar surface area (TPSA) is 105 Å². The van der Waals surface area contributed by atoms with Gasteiger partial charge in [0.05, 0.1) is 24.7 Å². The Morgan fingerprint density at radius 2 is 1.62 bits per heavy atom. The molecule has 2 aromatic carbocycles. The molecule has 0 heterocycles. The second-order valence-corrected chi connectivity index (χ2v) is 4.55. The summed E-state index contributed by atoms with van der Waals surface area (Å²) >= 11 is 0. The zero-order valence-corrected chi connectivity index (χ0v) is 12.8. The largest absolute Gasteiger partial charge is 0.465 e. The first kappa shape index (κ1) is 16.9. The van der Waals surface area contributed by atoms with Crippen LogP contribution in [0.3, 0.4) is 0 Å². The van der Waals surface area contributed by atoms with Crippen LogP contribution in [0, 0.1) is 10.1 Å². The normalized spacial score (nSPS) is 9.92. The number of benzene rings is 2. The molecule has 0 fully saturated rings. The molecule has 24 heavy (non-hydrogen) atoms. The van der Waals surface area contributed by atoms with Gasteiger partial charge < -0.3 is 14.2 Å². The van der Waals surface area contributed by atoms with E-state index in [1.165, 1.54) is 25.3 Å². The second kappa shape index (κ2) is 7.23. The van der Waals surface area contributed by atoms with E-state index in [1.807, 2.05) is 0 Å². The van der Waals surface area contributed by atoms with Gasteiger partial charge in [0.1, 0.15) is 17.1 Å². The Morgan fingerprint density at radius 1 is 0.958 bits per heavy atom. The molecule has 0 spiro atoms. The standard InChI is InChI=1S/C16H13NO7/c1-22-15(18)10-4-3-5-11(8-10)24-12-6-7-14(17(20)21)13(9-12)16(19)23-2/h3-9H,1-2H3. The minimum atomic E-state index is -0.851. The van der Waals surface area contributed by atoms with E-state index in [0.29, 0.717) is 5.75 Å². The lowest BCUT2D eigenvalue weighted by atomic mass is 10.1. The van der Waals surface area contributed by atoms with Gasteiger partial charge in [0.25, 0.3) is 5.69 Å². The fourth-order valence-electron chi connectivity index (χ4n) is 1.95. The van der Waals surface area contributed by atoms with E-state index in [9.17, 15) is 19.7 Å². The van der Waals surface area contributed by atoms with Gasteiger partial charge in [0.2, 0.25) is 0 Å². The summed E-state index contributed by atoms with van der Waals surface area (Å²) < 4.78 is 14.7. The Balaban J connectivity index is 2.35. The molecule has 2 aromatic rings. The first-order chi connectivity index (χ1) is 11.5.